The van der Waals surface area contributed by atoms with Crippen LogP contribution in [0.5, 0.6) is 5.75 Å². The van der Waals surface area contributed by atoms with Crippen molar-refractivity contribution in [2.75, 3.05) is 19.6 Å². The summed E-state index contributed by atoms with van der Waals surface area (Å²) in [6.07, 6.45) is 3.53. The molecule has 1 amide bonds. The molecule has 0 saturated heterocycles. The zero-order valence-electron chi connectivity index (χ0n) is 15.3. The molecule has 0 bridgehead atoms. The van der Waals surface area contributed by atoms with Crippen LogP contribution in [0.25, 0.3) is 0 Å². The fraction of sp³-hybridized carbons (Fsp3) is 0.318. The second-order valence-electron chi connectivity index (χ2n) is 6.63. The van der Waals surface area contributed by atoms with Crippen LogP contribution < -0.4 is 15.4 Å². The monoisotopic (exact) mass is 350 g/mol. The molecule has 2 N–H and O–H groups in total. The van der Waals surface area contributed by atoms with Crippen molar-refractivity contribution in [3.8, 4) is 5.75 Å². The third-order valence-electron chi connectivity index (χ3n) is 4.59. The van der Waals surface area contributed by atoms with Crippen molar-refractivity contribution in [2.24, 2.45) is 0 Å². The fourth-order valence-corrected chi connectivity index (χ4v) is 2.97. The summed E-state index contributed by atoms with van der Waals surface area (Å²) in [7, 11) is 0. The first kappa shape index (κ1) is 18.2. The average Bonchev–Trinajstić information content (AvgIpc) is 2.67. The standard InChI is InChI=1S/C22H26N2O2/c1-17-5-2-3-7-20(17)16-26-21-8-4-6-19(13-21)14-22(25)24-15-18-9-11-23-12-10-18/h2-9,13,23H,10-12,14-16H2,1H3,(H,24,25). The molecule has 0 unspecified atom stereocenters. The molecule has 1 heterocycles. The fourth-order valence-electron chi connectivity index (χ4n) is 2.97. The number of amides is 1. The Bertz CT molecular complexity index is 783. The van der Waals surface area contributed by atoms with Gasteiger partial charge in [-0.25, -0.2) is 0 Å². The minimum Gasteiger partial charge on any atom is -0.489 e. The van der Waals surface area contributed by atoms with Crippen molar-refractivity contribution in [3.05, 3.63) is 76.9 Å². The van der Waals surface area contributed by atoms with Crippen molar-refractivity contribution in [2.45, 2.75) is 26.4 Å². The molecule has 0 saturated carbocycles. The first-order valence-electron chi connectivity index (χ1n) is 9.12. The summed E-state index contributed by atoms with van der Waals surface area (Å²) < 4.78 is 5.90. The number of ether oxygens (including phenoxy) is 1. The SMILES string of the molecule is Cc1ccccc1COc1cccc(CC(=O)NCC2=CCNCC2)c1. The number of rotatable bonds is 7. The molecule has 0 aromatic heterocycles. The van der Waals surface area contributed by atoms with Gasteiger partial charge in [0.15, 0.2) is 0 Å². The molecule has 3 rings (SSSR count). The minimum atomic E-state index is 0.0421. The molecule has 2 aromatic carbocycles. The number of hydrogen-bond donors (Lipinski definition) is 2. The lowest BCUT2D eigenvalue weighted by Crippen LogP contribution is -2.30. The van der Waals surface area contributed by atoms with Crippen molar-refractivity contribution in [1.82, 2.24) is 10.6 Å². The molecular formula is C22H26N2O2. The molecule has 1 aliphatic rings. The molecule has 0 radical (unpaired) electrons. The van der Waals surface area contributed by atoms with Crippen LogP contribution in [0.15, 0.2) is 60.2 Å². The van der Waals surface area contributed by atoms with Gasteiger partial charge in [-0.3, -0.25) is 4.79 Å². The van der Waals surface area contributed by atoms with Crippen molar-refractivity contribution in [1.29, 1.82) is 0 Å². The van der Waals surface area contributed by atoms with E-state index >= 15 is 0 Å². The summed E-state index contributed by atoms with van der Waals surface area (Å²) in [5.74, 6) is 0.833. The van der Waals surface area contributed by atoms with Gasteiger partial charge in [-0.2, -0.15) is 0 Å². The van der Waals surface area contributed by atoms with E-state index < -0.39 is 0 Å². The van der Waals surface area contributed by atoms with Crippen LogP contribution in [-0.4, -0.2) is 25.5 Å². The Labute approximate surface area is 155 Å². The van der Waals surface area contributed by atoms with Crippen LogP contribution in [0.1, 0.15) is 23.1 Å². The molecule has 1 aliphatic heterocycles. The van der Waals surface area contributed by atoms with E-state index in [9.17, 15) is 4.79 Å². The van der Waals surface area contributed by atoms with E-state index in [1.807, 2.05) is 36.4 Å². The molecule has 0 aliphatic carbocycles. The molecule has 4 nitrogen and oxygen atoms in total. The molecule has 136 valence electrons. The van der Waals surface area contributed by atoms with Crippen molar-refractivity contribution < 1.29 is 9.53 Å². The van der Waals surface area contributed by atoms with E-state index in [1.165, 1.54) is 16.7 Å². The molecule has 0 atom stereocenters. The summed E-state index contributed by atoms with van der Waals surface area (Å²) in [6.45, 7) is 5.14. The quantitative estimate of drug-likeness (QED) is 0.754. The lowest BCUT2D eigenvalue weighted by atomic mass is 10.1. The van der Waals surface area contributed by atoms with E-state index in [-0.39, 0.29) is 5.91 Å². The van der Waals surface area contributed by atoms with Crippen molar-refractivity contribution in [3.63, 3.8) is 0 Å². The smallest absolute Gasteiger partial charge is 0.224 e. The second kappa shape index (κ2) is 9.20. The van der Waals surface area contributed by atoms with Gasteiger partial charge in [-0.05, 0) is 48.7 Å². The van der Waals surface area contributed by atoms with Crippen LogP contribution in [0, 0.1) is 6.92 Å². The van der Waals surface area contributed by atoms with Gasteiger partial charge in [-0.1, -0.05) is 48.0 Å². The molecule has 0 fully saturated rings. The Kier molecular flexibility index (Phi) is 6.45. The van der Waals surface area contributed by atoms with Crippen molar-refractivity contribution >= 4 is 5.91 Å². The highest BCUT2D eigenvalue weighted by atomic mass is 16.5. The molecule has 4 heteroatoms. The molecule has 2 aromatic rings. The van der Waals surface area contributed by atoms with E-state index in [4.69, 9.17) is 4.74 Å². The van der Waals surface area contributed by atoms with Gasteiger partial charge in [0.05, 0.1) is 6.42 Å². The number of carbonyl (C=O) groups excluding carboxylic acids is 1. The largest absolute Gasteiger partial charge is 0.489 e. The van der Waals surface area contributed by atoms with E-state index in [2.05, 4.69) is 35.8 Å². The normalized spacial score (nSPS) is 13.8. The van der Waals surface area contributed by atoms with Gasteiger partial charge < -0.3 is 15.4 Å². The average molecular weight is 350 g/mol. The topological polar surface area (TPSA) is 50.4 Å². The predicted molar refractivity (Wildman–Crippen MR) is 104 cm³/mol. The molecule has 0 spiro atoms. The van der Waals surface area contributed by atoms with Gasteiger partial charge in [0.1, 0.15) is 12.4 Å². The molecular weight excluding hydrogens is 324 g/mol. The summed E-state index contributed by atoms with van der Waals surface area (Å²) in [4.78, 5) is 12.2. The number of benzene rings is 2. The first-order valence-corrected chi connectivity index (χ1v) is 9.12. The van der Waals surface area contributed by atoms with Crippen LogP contribution in [0.4, 0.5) is 0 Å². The summed E-state index contributed by atoms with van der Waals surface area (Å²) >= 11 is 0. The maximum atomic E-state index is 12.2. The third-order valence-corrected chi connectivity index (χ3v) is 4.59. The zero-order valence-corrected chi connectivity index (χ0v) is 15.3. The predicted octanol–water partition coefficient (Wildman–Crippen LogP) is 3.15. The molecule has 26 heavy (non-hydrogen) atoms. The van der Waals surface area contributed by atoms with Crippen LogP contribution in [0.2, 0.25) is 0 Å². The van der Waals surface area contributed by atoms with Gasteiger partial charge in [0.2, 0.25) is 5.91 Å². The highest BCUT2D eigenvalue weighted by Gasteiger charge is 2.08. The number of carbonyl (C=O) groups is 1. The van der Waals surface area contributed by atoms with E-state index in [0.29, 0.717) is 19.6 Å². The van der Waals surface area contributed by atoms with Crippen LogP contribution in [-0.2, 0) is 17.8 Å². The minimum absolute atomic E-state index is 0.0421. The van der Waals surface area contributed by atoms with Crippen LogP contribution >= 0.6 is 0 Å². The Balaban J connectivity index is 1.51. The van der Waals surface area contributed by atoms with Gasteiger partial charge >= 0.3 is 0 Å². The maximum absolute atomic E-state index is 12.2. The highest BCUT2D eigenvalue weighted by Crippen LogP contribution is 2.17. The van der Waals surface area contributed by atoms with Gasteiger partial charge in [0.25, 0.3) is 0 Å². The Hall–Kier alpha value is -2.59. The number of hydrogen-bond acceptors (Lipinski definition) is 3. The lowest BCUT2D eigenvalue weighted by Gasteiger charge is -2.14. The Morgan fingerprint density at radius 3 is 2.88 bits per heavy atom. The zero-order chi connectivity index (χ0) is 18.2. The van der Waals surface area contributed by atoms with Gasteiger partial charge in [0, 0.05) is 13.1 Å². The number of nitrogens with one attached hydrogen (secondary N) is 2. The lowest BCUT2D eigenvalue weighted by molar-refractivity contribution is -0.120. The third kappa shape index (κ3) is 5.46. The Morgan fingerprint density at radius 2 is 2.08 bits per heavy atom. The second-order valence-corrected chi connectivity index (χ2v) is 6.63. The van der Waals surface area contributed by atoms with E-state index in [0.717, 1.165) is 30.8 Å². The van der Waals surface area contributed by atoms with Crippen LogP contribution in [0.3, 0.4) is 0 Å². The first-order chi connectivity index (χ1) is 12.7. The van der Waals surface area contributed by atoms with E-state index in [1.54, 1.807) is 0 Å². The van der Waals surface area contributed by atoms with Gasteiger partial charge in [-0.15, -0.1) is 0 Å². The summed E-state index contributed by atoms with van der Waals surface area (Å²) in [5.41, 5.74) is 4.65. The Morgan fingerprint density at radius 1 is 1.19 bits per heavy atom. The summed E-state index contributed by atoms with van der Waals surface area (Å²) in [5, 5.41) is 6.28. The highest BCUT2D eigenvalue weighted by molar-refractivity contribution is 5.78. The maximum Gasteiger partial charge on any atom is 0.224 e. The number of aryl methyl sites for hydroxylation is 1. The summed E-state index contributed by atoms with van der Waals surface area (Å²) in [6, 6.07) is 16.0.